The number of hydrogen-bond acceptors (Lipinski definition) is 1. The fourth-order valence-corrected chi connectivity index (χ4v) is 2.02. The zero-order valence-electron chi connectivity index (χ0n) is 11.4. The molecule has 17 heavy (non-hydrogen) atoms. The van der Waals surface area contributed by atoms with Gasteiger partial charge in [0.1, 0.15) is 0 Å². The van der Waals surface area contributed by atoms with Gasteiger partial charge in [-0.05, 0) is 31.4 Å². The van der Waals surface area contributed by atoms with E-state index in [0.29, 0.717) is 6.04 Å². The monoisotopic (exact) mass is 233 g/mol. The van der Waals surface area contributed by atoms with Crippen LogP contribution in [0.15, 0.2) is 30.3 Å². The normalized spacial score (nSPS) is 11.0. The molecule has 1 aromatic rings. The summed E-state index contributed by atoms with van der Waals surface area (Å²) in [5, 5.41) is 3.46. The first-order valence-electron chi connectivity index (χ1n) is 7.06. The number of hydrogen-bond donors (Lipinski definition) is 1. The molecule has 0 saturated heterocycles. The van der Waals surface area contributed by atoms with Crippen molar-refractivity contribution in [1.29, 1.82) is 0 Å². The molecule has 0 aliphatic rings. The first-order chi connectivity index (χ1) is 8.29. The molecule has 0 spiro atoms. The SMILES string of the molecule is CC(C)NCCCCCCCc1ccccc1. The van der Waals surface area contributed by atoms with Gasteiger partial charge in [-0.1, -0.05) is 63.4 Å². The van der Waals surface area contributed by atoms with E-state index in [1.54, 1.807) is 0 Å². The highest BCUT2D eigenvalue weighted by molar-refractivity contribution is 5.14. The van der Waals surface area contributed by atoms with Crippen LogP contribution in [0.5, 0.6) is 0 Å². The third-order valence-corrected chi connectivity index (χ3v) is 3.04. The van der Waals surface area contributed by atoms with E-state index in [-0.39, 0.29) is 0 Å². The molecular formula is C16H27N. The Morgan fingerprint density at radius 2 is 1.53 bits per heavy atom. The van der Waals surface area contributed by atoms with Gasteiger partial charge in [-0.25, -0.2) is 0 Å². The fraction of sp³-hybridized carbons (Fsp3) is 0.625. The molecule has 0 atom stereocenters. The Morgan fingerprint density at radius 1 is 0.882 bits per heavy atom. The molecular weight excluding hydrogens is 206 g/mol. The Balaban J connectivity index is 1.88. The lowest BCUT2D eigenvalue weighted by Gasteiger charge is -2.07. The molecule has 0 unspecified atom stereocenters. The van der Waals surface area contributed by atoms with Crippen molar-refractivity contribution in [3.8, 4) is 0 Å². The zero-order valence-corrected chi connectivity index (χ0v) is 11.4. The minimum atomic E-state index is 0.632. The van der Waals surface area contributed by atoms with E-state index in [4.69, 9.17) is 0 Å². The van der Waals surface area contributed by atoms with Gasteiger partial charge in [0.25, 0.3) is 0 Å². The summed E-state index contributed by atoms with van der Waals surface area (Å²) in [5.41, 5.74) is 1.48. The predicted molar refractivity (Wildman–Crippen MR) is 76.4 cm³/mol. The van der Waals surface area contributed by atoms with Crippen LogP contribution in [0.1, 0.15) is 51.5 Å². The summed E-state index contributed by atoms with van der Waals surface area (Å²) >= 11 is 0. The van der Waals surface area contributed by atoms with Gasteiger partial charge in [-0.2, -0.15) is 0 Å². The van der Waals surface area contributed by atoms with E-state index in [2.05, 4.69) is 49.5 Å². The molecule has 1 N–H and O–H groups in total. The number of aryl methyl sites for hydroxylation is 1. The predicted octanol–water partition coefficient (Wildman–Crippen LogP) is 4.18. The van der Waals surface area contributed by atoms with E-state index in [0.717, 1.165) is 0 Å². The zero-order chi connectivity index (χ0) is 12.3. The Labute approximate surface area is 107 Å². The highest BCUT2D eigenvalue weighted by Gasteiger charge is 1.94. The van der Waals surface area contributed by atoms with Crippen molar-refractivity contribution >= 4 is 0 Å². The van der Waals surface area contributed by atoms with Gasteiger partial charge >= 0.3 is 0 Å². The van der Waals surface area contributed by atoms with E-state index in [1.807, 2.05) is 0 Å². The molecule has 0 saturated carbocycles. The van der Waals surface area contributed by atoms with Crippen molar-refractivity contribution in [2.24, 2.45) is 0 Å². The maximum absolute atomic E-state index is 3.46. The molecule has 0 amide bonds. The van der Waals surface area contributed by atoms with Gasteiger partial charge in [-0.3, -0.25) is 0 Å². The van der Waals surface area contributed by atoms with Gasteiger partial charge in [0, 0.05) is 6.04 Å². The highest BCUT2D eigenvalue weighted by atomic mass is 14.9. The van der Waals surface area contributed by atoms with Crippen LogP contribution in [-0.2, 0) is 6.42 Å². The van der Waals surface area contributed by atoms with E-state index in [1.165, 1.54) is 50.6 Å². The van der Waals surface area contributed by atoms with Crippen molar-refractivity contribution in [2.75, 3.05) is 6.54 Å². The Kier molecular flexibility index (Phi) is 7.74. The summed E-state index contributed by atoms with van der Waals surface area (Å²) in [6, 6.07) is 11.4. The van der Waals surface area contributed by atoms with Crippen LogP contribution in [-0.4, -0.2) is 12.6 Å². The fourth-order valence-electron chi connectivity index (χ4n) is 2.02. The van der Waals surface area contributed by atoms with Gasteiger partial charge in [0.2, 0.25) is 0 Å². The van der Waals surface area contributed by atoms with Crippen molar-refractivity contribution in [2.45, 2.75) is 58.4 Å². The molecule has 0 radical (unpaired) electrons. The first kappa shape index (κ1) is 14.2. The van der Waals surface area contributed by atoms with Crippen molar-refractivity contribution in [1.82, 2.24) is 5.32 Å². The number of unbranched alkanes of at least 4 members (excludes halogenated alkanes) is 4. The average molecular weight is 233 g/mol. The molecule has 1 nitrogen and oxygen atoms in total. The minimum absolute atomic E-state index is 0.632. The van der Waals surface area contributed by atoms with Gasteiger partial charge in [-0.15, -0.1) is 0 Å². The molecule has 1 aromatic carbocycles. The number of benzene rings is 1. The summed E-state index contributed by atoms with van der Waals surface area (Å²) in [6.45, 7) is 5.59. The third kappa shape index (κ3) is 7.98. The van der Waals surface area contributed by atoms with Crippen LogP contribution in [0.2, 0.25) is 0 Å². The minimum Gasteiger partial charge on any atom is -0.315 e. The summed E-state index contributed by atoms with van der Waals surface area (Å²) in [7, 11) is 0. The molecule has 0 fully saturated rings. The molecule has 0 bridgehead atoms. The van der Waals surface area contributed by atoms with Gasteiger partial charge < -0.3 is 5.32 Å². The third-order valence-electron chi connectivity index (χ3n) is 3.04. The van der Waals surface area contributed by atoms with Crippen LogP contribution < -0.4 is 5.32 Å². The van der Waals surface area contributed by atoms with Crippen LogP contribution in [0.25, 0.3) is 0 Å². The topological polar surface area (TPSA) is 12.0 Å². The second-order valence-electron chi connectivity index (χ2n) is 5.11. The molecule has 1 rings (SSSR count). The summed E-state index contributed by atoms with van der Waals surface area (Å²) in [4.78, 5) is 0. The maximum Gasteiger partial charge on any atom is 0.00103 e. The molecule has 0 aliphatic carbocycles. The van der Waals surface area contributed by atoms with E-state index < -0.39 is 0 Å². The van der Waals surface area contributed by atoms with Crippen LogP contribution in [0, 0.1) is 0 Å². The van der Waals surface area contributed by atoms with E-state index >= 15 is 0 Å². The second kappa shape index (κ2) is 9.23. The van der Waals surface area contributed by atoms with Crippen molar-refractivity contribution in [3.05, 3.63) is 35.9 Å². The lowest BCUT2D eigenvalue weighted by atomic mass is 10.1. The van der Waals surface area contributed by atoms with Crippen LogP contribution in [0.4, 0.5) is 0 Å². The quantitative estimate of drug-likeness (QED) is 0.631. The number of nitrogens with one attached hydrogen (secondary N) is 1. The van der Waals surface area contributed by atoms with Crippen LogP contribution in [0.3, 0.4) is 0 Å². The summed E-state index contributed by atoms with van der Waals surface area (Å²) in [6.07, 6.45) is 8.02. The first-order valence-corrected chi connectivity index (χ1v) is 7.06. The van der Waals surface area contributed by atoms with Crippen molar-refractivity contribution < 1.29 is 0 Å². The smallest absolute Gasteiger partial charge is 0.00103 e. The second-order valence-corrected chi connectivity index (χ2v) is 5.11. The summed E-state index contributed by atoms with van der Waals surface area (Å²) < 4.78 is 0. The molecule has 1 heteroatoms. The van der Waals surface area contributed by atoms with Gasteiger partial charge in [0.15, 0.2) is 0 Å². The molecule has 0 aliphatic heterocycles. The van der Waals surface area contributed by atoms with Crippen molar-refractivity contribution in [3.63, 3.8) is 0 Å². The number of rotatable bonds is 9. The Bertz CT molecular complexity index is 266. The average Bonchev–Trinajstić information content (AvgIpc) is 2.33. The highest BCUT2D eigenvalue weighted by Crippen LogP contribution is 2.08. The lowest BCUT2D eigenvalue weighted by molar-refractivity contribution is 0.536. The lowest BCUT2D eigenvalue weighted by Crippen LogP contribution is -2.23. The van der Waals surface area contributed by atoms with Crippen LogP contribution >= 0.6 is 0 Å². The Morgan fingerprint density at radius 3 is 2.24 bits per heavy atom. The largest absolute Gasteiger partial charge is 0.315 e. The molecule has 96 valence electrons. The van der Waals surface area contributed by atoms with E-state index in [9.17, 15) is 0 Å². The van der Waals surface area contributed by atoms with Gasteiger partial charge in [0.05, 0.1) is 0 Å². The molecule has 0 aromatic heterocycles. The summed E-state index contributed by atoms with van der Waals surface area (Å²) in [5.74, 6) is 0. The molecule has 0 heterocycles. The standard InChI is InChI=1S/C16H27N/c1-15(2)17-14-10-5-3-4-7-11-16-12-8-6-9-13-16/h6,8-9,12-13,15,17H,3-5,7,10-11,14H2,1-2H3. The maximum atomic E-state index is 3.46. The Hall–Kier alpha value is -0.820.